The number of hydrogen-bond donors (Lipinski definition) is 1. The number of aromatic nitrogens is 4. The average molecular weight is 399 g/mol. The summed E-state index contributed by atoms with van der Waals surface area (Å²) in [6, 6.07) is 0.291. The molecule has 0 spiro atoms. The summed E-state index contributed by atoms with van der Waals surface area (Å²) in [5.41, 5.74) is 0.738. The Morgan fingerprint density at radius 2 is 2.10 bits per heavy atom. The van der Waals surface area contributed by atoms with E-state index >= 15 is 0 Å². The first-order valence-electron chi connectivity index (χ1n) is 10.9. The molecule has 29 heavy (non-hydrogen) atoms. The molecule has 5 rings (SSSR count). The van der Waals surface area contributed by atoms with Crippen molar-refractivity contribution >= 4 is 22.8 Å². The SMILES string of the molecule is Cc1nc(N2CCC3(NC(=O)CC4CCOCC4)CCCC23)c2cnn(C)c2n1. The molecule has 0 radical (unpaired) electrons. The van der Waals surface area contributed by atoms with Crippen LogP contribution in [0.1, 0.15) is 50.8 Å². The summed E-state index contributed by atoms with van der Waals surface area (Å²) >= 11 is 0. The number of nitrogens with zero attached hydrogens (tertiary/aromatic N) is 5. The Balaban J connectivity index is 1.38. The maximum Gasteiger partial charge on any atom is 0.220 e. The van der Waals surface area contributed by atoms with Gasteiger partial charge in [0.1, 0.15) is 11.6 Å². The van der Waals surface area contributed by atoms with Crippen molar-refractivity contribution in [1.29, 1.82) is 0 Å². The van der Waals surface area contributed by atoms with Gasteiger partial charge in [0.25, 0.3) is 0 Å². The minimum absolute atomic E-state index is 0.129. The molecule has 4 heterocycles. The number of anilines is 1. The Morgan fingerprint density at radius 1 is 1.28 bits per heavy atom. The Kier molecular flexibility index (Phi) is 4.69. The second kappa shape index (κ2) is 7.23. The van der Waals surface area contributed by atoms with E-state index in [1.807, 2.05) is 20.2 Å². The molecule has 2 aromatic heterocycles. The van der Waals surface area contributed by atoms with E-state index in [2.05, 4.69) is 20.3 Å². The highest BCUT2D eigenvalue weighted by Gasteiger charge is 2.52. The zero-order valence-electron chi connectivity index (χ0n) is 17.4. The van der Waals surface area contributed by atoms with Crippen molar-refractivity contribution in [2.75, 3.05) is 24.7 Å². The highest BCUT2D eigenvalue weighted by Crippen LogP contribution is 2.44. The van der Waals surface area contributed by atoms with Crippen molar-refractivity contribution in [1.82, 2.24) is 25.1 Å². The van der Waals surface area contributed by atoms with Crippen molar-refractivity contribution in [3.8, 4) is 0 Å². The first-order valence-corrected chi connectivity index (χ1v) is 10.9. The van der Waals surface area contributed by atoms with E-state index in [0.717, 1.165) is 81.0 Å². The van der Waals surface area contributed by atoms with E-state index in [0.29, 0.717) is 18.4 Å². The number of rotatable bonds is 4. The predicted molar refractivity (Wildman–Crippen MR) is 110 cm³/mol. The summed E-state index contributed by atoms with van der Waals surface area (Å²) < 4.78 is 7.24. The molecule has 2 aromatic rings. The van der Waals surface area contributed by atoms with Crippen molar-refractivity contribution in [2.24, 2.45) is 13.0 Å². The van der Waals surface area contributed by atoms with Gasteiger partial charge in [-0.25, -0.2) is 9.97 Å². The second-order valence-corrected chi connectivity index (χ2v) is 8.92. The van der Waals surface area contributed by atoms with Gasteiger partial charge >= 0.3 is 0 Å². The smallest absolute Gasteiger partial charge is 0.220 e. The lowest BCUT2D eigenvalue weighted by molar-refractivity contribution is -0.124. The number of aryl methyl sites for hydroxylation is 2. The van der Waals surface area contributed by atoms with Crippen LogP contribution in [0.2, 0.25) is 0 Å². The third-order valence-corrected chi connectivity index (χ3v) is 7.07. The third-order valence-electron chi connectivity index (χ3n) is 7.07. The fourth-order valence-electron chi connectivity index (χ4n) is 5.61. The fourth-order valence-corrected chi connectivity index (χ4v) is 5.61. The van der Waals surface area contributed by atoms with Crippen LogP contribution < -0.4 is 10.2 Å². The lowest BCUT2D eigenvalue weighted by Crippen LogP contribution is -2.54. The van der Waals surface area contributed by atoms with E-state index in [9.17, 15) is 4.79 Å². The van der Waals surface area contributed by atoms with Crippen LogP contribution in [0.3, 0.4) is 0 Å². The lowest BCUT2D eigenvalue weighted by atomic mass is 9.91. The number of hydrogen-bond acceptors (Lipinski definition) is 6. The van der Waals surface area contributed by atoms with Crippen LogP contribution >= 0.6 is 0 Å². The zero-order chi connectivity index (χ0) is 20.0. The average Bonchev–Trinajstić information content (AvgIpc) is 3.36. The molecule has 1 amide bonds. The van der Waals surface area contributed by atoms with Gasteiger partial charge in [0, 0.05) is 33.2 Å². The van der Waals surface area contributed by atoms with Crippen LogP contribution in [0.15, 0.2) is 6.20 Å². The largest absolute Gasteiger partial charge is 0.381 e. The van der Waals surface area contributed by atoms with Crippen molar-refractivity contribution in [2.45, 2.75) is 63.5 Å². The molecule has 0 bridgehead atoms. The number of ether oxygens (including phenoxy) is 1. The summed E-state index contributed by atoms with van der Waals surface area (Å²) in [4.78, 5) is 24.7. The second-order valence-electron chi connectivity index (χ2n) is 8.92. The molecular weight excluding hydrogens is 368 g/mol. The van der Waals surface area contributed by atoms with Crippen molar-refractivity contribution in [3.63, 3.8) is 0 Å². The van der Waals surface area contributed by atoms with E-state index in [4.69, 9.17) is 9.72 Å². The summed E-state index contributed by atoms with van der Waals surface area (Å²) in [6.07, 6.45) is 8.72. The van der Waals surface area contributed by atoms with Gasteiger partial charge in [-0.05, 0) is 51.4 Å². The molecule has 2 saturated heterocycles. The van der Waals surface area contributed by atoms with E-state index in [-0.39, 0.29) is 11.4 Å². The molecule has 2 aliphatic heterocycles. The third kappa shape index (κ3) is 3.27. The van der Waals surface area contributed by atoms with Crippen LogP contribution in [0.4, 0.5) is 5.82 Å². The fraction of sp³-hybridized carbons (Fsp3) is 0.714. The number of amides is 1. The first kappa shape index (κ1) is 18.8. The number of nitrogens with one attached hydrogen (secondary N) is 1. The van der Waals surface area contributed by atoms with Gasteiger partial charge in [0.15, 0.2) is 5.65 Å². The molecule has 156 valence electrons. The van der Waals surface area contributed by atoms with Crippen LogP contribution in [0.25, 0.3) is 11.0 Å². The molecule has 1 saturated carbocycles. The maximum absolute atomic E-state index is 12.9. The van der Waals surface area contributed by atoms with Gasteiger partial charge in [-0.1, -0.05) is 0 Å². The molecule has 8 heteroatoms. The number of fused-ring (bicyclic) bond motifs is 2. The summed E-state index contributed by atoms with van der Waals surface area (Å²) in [6.45, 7) is 4.41. The highest BCUT2D eigenvalue weighted by atomic mass is 16.5. The minimum Gasteiger partial charge on any atom is -0.381 e. The summed E-state index contributed by atoms with van der Waals surface area (Å²) in [5, 5.41) is 8.87. The zero-order valence-corrected chi connectivity index (χ0v) is 17.4. The molecule has 1 aliphatic carbocycles. The Morgan fingerprint density at radius 3 is 2.93 bits per heavy atom. The molecule has 0 aromatic carbocycles. The Bertz CT molecular complexity index is 921. The topological polar surface area (TPSA) is 85.2 Å². The van der Waals surface area contributed by atoms with E-state index in [1.54, 1.807) is 4.68 Å². The van der Waals surface area contributed by atoms with Crippen LogP contribution in [-0.2, 0) is 16.6 Å². The normalized spacial score (nSPS) is 27.5. The lowest BCUT2D eigenvalue weighted by Gasteiger charge is -2.34. The molecule has 2 atom stereocenters. The molecular formula is C21H30N6O2. The highest BCUT2D eigenvalue weighted by molar-refractivity contribution is 5.87. The van der Waals surface area contributed by atoms with E-state index in [1.165, 1.54) is 0 Å². The molecule has 8 nitrogen and oxygen atoms in total. The van der Waals surface area contributed by atoms with E-state index < -0.39 is 0 Å². The van der Waals surface area contributed by atoms with Gasteiger partial charge in [0.05, 0.1) is 23.2 Å². The first-order chi connectivity index (χ1) is 14.1. The maximum atomic E-state index is 12.9. The molecule has 3 fully saturated rings. The van der Waals surface area contributed by atoms with Gasteiger partial charge in [0.2, 0.25) is 5.91 Å². The van der Waals surface area contributed by atoms with Gasteiger partial charge < -0.3 is 15.0 Å². The number of carbonyl (C=O) groups excluding carboxylic acids is 1. The van der Waals surface area contributed by atoms with Crippen LogP contribution in [0, 0.1) is 12.8 Å². The van der Waals surface area contributed by atoms with Gasteiger partial charge in [-0.15, -0.1) is 0 Å². The standard InChI is InChI=1S/C21H30N6O2/c1-14-23-19-16(13-22-26(19)2)20(24-14)27-9-8-21(7-3-4-17(21)27)25-18(28)12-15-5-10-29-11-6-15/h13,15,17H,3-12H2,1-2H3,(H,25,28). The molecule has 2 unspecified atom stereocenters. The van der Waals surface area contributed by atoms with Crippen LogP contribution in [-0.4, -0.2) is 57.0 Å². The minimum atomic E-state index is -0.129. The monoisotopic (exact) mass is 398 g/mol. The summed E-state index contributed by atoms with van der Waals surface area (Å²) in [5.74, 6) is 2.39. The van der Waals surface area contributed by atoms with Crippen molar-refractivity contribution < 1.29 is 9.53 Å². The quantitative estimate of drug-likeness (QED) is 0.849. The van der Waals surface area contributed by atoms with Gasteiger partial charge in [-0.3, -0.25) is 9.48 Å². The summed E-state index contributed by atoms with van der Waals surface area (Å²) in [7, 11) is 1.92. The molecule has 1 N–H and O–H groups in total. The molecule has 3 aliphatic rings. The Hall–Kier alpha value is -2.22. The van der Waals surface area contributed by atoms with Crippen molar-refractivity contribution in [3.05, 3.63) is 12.0 Å². The van der Waals surface area contributed by atoms with Gasteiger partial charge in [-0.2, -0.15) is 5.10 Å². The van der Waals surface area contributed by atoms with Crippen LogP contribution in [0.5, 0.6) is 0 Å². The number of carbonyl (C=O) groups is 1. The predicted octanol–water partition coefficient (Wildman–Crippen LogP) is 2.11. The Labute approximate surface area is 171 Å².